The van der Waals surface area contributed by atoms with Gasteiger partial charge in [-0.05, 0) is 45.2 Å². The van der Waals surface area contributed by atoms with Crippen LogP contribution < -0.4 is 14.4 Å². The number of benzene rings is 1. The first-order valence-corrected chi connectivity index (χ1v) is 11.2. The second-order valence-corrected chi connectivity index (χ2v) is 8.21. The molecule has 0 radical (unpaired) electrons. The molecule has 1 aromatic carbocycles. The Hall–Kier alpha value is -2.61. The van der Waals surface area contributed by atoms with Gasteiger partial charge in [0.15, 0.2) is 11.5 Å². The van der Waals surface area contributed by atoms with E-state index in [4.69, 9.17) is 24.2 Å². The number of anilines is 1. The van der Waals surface area contributed by atoms with Crippen molar-refractivity contribution < 1.29 is 19.0 Å². The third kappa shape index (κ3) is 4.69. The molecule has 2 aliphatic heterocycles. The number of ether oxygens (including phenoxy) is 3. The van der Waals surface area contributed by atoms with Crippen LogP contribution in [0.2, 0.25) is 0 Å². The molecule has 2 aliphatic rings. The fraction of sp³-hybridized carbons (Fsp3) is 0.609. The second kappa shape index (κ2) is 9.68. The minimum atomic E-state index is -0.0961. The van der Waals surface area contributed by atoms with Crippen molar-refractivity contribution in [1.82, 2.24) is 14.9 Å². The quantitative estimate of drug-likeness (QED) is 0.623. The van der Waals surface area contributed by atoms with E-state index in [0.717, 1.165) is 55.0 Å². The minimum absolute atomic E-state index is 0.0726. The predicted octanol–water partition coefficient (Wildman–Crippen LogP) is 3.02. The highest BCUT2D eigenvalue weighted by Gasteiger charge is 2.28. The molecule has 8 nitrogen and oxygen atoms in total. The van der Waals surface area contributed by atoms with Crippen molar-refractivity contribution in [3.63, 3.8) is 0 Å². The fourth-order valence-corrected chi connectivity index (χ4v) is 4.58. The lowest BCUT2D eigenvalue weighted by Gasteiger charge is -2.31. The molecule has 4 rings (SSSR count). The van der Waals surface area contributed by atoms with Gasteiger partial charge in [0.05, 0.1) is 38.8 Å². The number of likely N-dealkylation sites (tertiary alicyclic amines) is 1. The van der Waals surface area contributed by atoms with Gasteiger partial charge in [-0.2, -0.15) is 0 Å². The number of aromatic nitrogens is 2. The Morgan fingerprint density at radius 1 is 1.06 bits per heavy atom. The lowest BCUT2D eigenvalue weighted by Crippen LogP contribution is -2.39. The number of piperidine rings is 1. The highest BCUT2D eigenvalue weighted by Crippen LogP contribution is 2.36. The van der Waals surface area contributed by atoms with E-state index >= 15 is 0 Å². The van der Waals surface area contributed by atoms with E-state index in [1.165, 1.54) is 12.8 Å². The number of carbonyl (C=O) groups excluding carboxylic acids is 1. The Kier molecular flexibility index (Phi) is 6.75. The second-order valence-electron chi connectivity index (χ2n) is 8.21. The summed E-state index contributed by atoms with van der Waals surface area (Å²) in [7, 11) is 3.28. The lowest BCUT2D eigenvalue weighted by molar-refractivity contribution is -0.150. The molecular weight excluding hydrogens is 396 g/mol. The van der Waals surface area contributed by atoms with E-state index in [0.29, 0.717) is 31.2 Å². The lowest BCUT2D eigenvalue weighted by atomic mass is 9.98. The smallest absolute Gasteiger partial charge is 0.310 e. The fourth-order valence-electron chi connectivity index (χ4n) is 4.58. The molecule has 0 unspecified atom stereocenters. The zero-order valence-electron chi connectivity index (χ0n) is 18.7. The van der Waals surface area contributed by atoms with Gasteiger partial charge in [0.25, 0.3) is 0 Å². The maximum Gasteiger partial charge on any atom is 0.310 e. The average molecular weight is 429 g/mol. The first-order valence-electron chi connectivity index (χ1n) is 11.2. The van der Waals surface area contributed by atoms with Crippen molar-refractivity contribution in [2.24, 2.45) is 5.92 Å². The largest absolute Gasteiger partial charge is 0.493 e. The van der Waals surface area contributed by atoms with Crippen LogP contribution in [0.5, 0.6) is 11.5 Å². The topological polar surface area (TPSA) is 77.0 Å². The molecule has 3 heterocycles. The summed E-state index contributed by atoms with van der Waals surface area (Å²) in [4.78, 5) is 26.6. The number of fused-ring (bicyclic) bond motifs is 1. The van der Waals surface area contributed by atoms with Gasteiger partial charge in [0, 0.05) is 31.1 Å². The van der Waals surface area contributed by atoms with Gasteiger partial charge in [-0.25, -0.2) is 9.97 Å². The highest BCUT2D eigenvalue weighted by atomic mass is 16.5. The van der Waals surface area contributed by atoms with Crippen molar-refractivity contribution in [1.29, 1.82) is 0 Å². The molecule has 0 aliphatic carbocycles. The highest BCUT2D eigenvalue weighted by molar-refractivity contribution is 5.92. The van der Waals surface area contributed by atoms with Gasteiger partial charge in [0.2, 0.25) is 0 Å². The Morgan fingerprint density at radius 3 is 2.52 bits per heavy atom. The van der Waals surface area contributed by atoms with Gasteiger partial charge in [-0.3, -0.25) is 9.69 Å². The Labute approximate surface area is 183 Å². The van der Waals surface area contributed by atoms with Gasteiger partial charge in [-0.1, -0.05) is 0 Å². The maximum atomic E-state index is 12.2. The molecule has 1 aromatic heterocycles. The summed E-state index contributed by atoms with van der Waals surface area (Å²) in [6.07, 6.45) is 4.19. The van der Waals surface area contributed by atoms with Crippen molar-refractivity contribution in [2.75, 3.05) is 51.9 Å². The monoisotopic (exact) mass is 428 g/mol. The van der Waals surface area contributed by atoms with Crippen LogP contribution in [0.25, 0.3) is 10.9 Å². The van der Waals surface area contributed by atoms with E-state index in [9.17, 15) is 4.79 Å². The summed E-state index contributed by atoms with van der Waals surface area (Å²) in [5, 5.41) is 0.978. The van der Waals surface area contributed by atoms with Crippen molar-refractivity contribution in [2.45, 2.75) is 39.2 Å². The summed E-state index contributed by atoms with van der Waals surface area (Å²) >= 11 is 0. The van der Waals surface area contributed by atoms with E-state index in [1.54, 1.807) is 14.2 Å². The summed E-state index contributed by atoms with van der Waals surface area (Å²) < 4.78 is 16.3. The molecule has 168 valence electrons. The molecule has 8 heteroatoms. The van der Waals surface area contributed by atoms with Gasteiger partial charge >= 0.3 is 5.97 Å². The van der Waals surface area contributed by atoms with E-state index in [1.807, 2.05) is 19.1 Å². The third-order valence-electron chi connectivity index (χ3n) is 6.12. The maximum absolute atomic E-state index is 12.2. The van der Waals surface area contributed by atoms with E-state index in [2.05, 4.69) is 9.80 Å². The number of hydrogen-bond acceptors (Lipinski definition) is 8. The van der Waals surface area contributed by atoms with Crippen LogP contribution in [0.15, 0.2) is 12.1 Å². The average Bonchev–Trinajstić information content (AvgIpc) is 3.33. The summed E-state index contributed by atoms with van der Waals surface area (Å²) in [5.74, 6) is 2.90. The zero-order chi connectivity index (χ0) is 21.8. The molecule has 2 saturated heterocycles. The van der Waals surface area contributed by atoms with Crippen LogP contribution in [0.4, 0.5) is 5.82 Å². The molecule has 2 aromatic rings. The Morgan fingerprint density at radius 2 is 1.81 bits per heavy atom. The molecule has 0 N–H and O–H groups in total. The van der Waals surface area contributed by atoms with Crippen LogP contribution in [-0.2, 0) is 16.1 Å². The normalized spacial score (nSPS) is 19.6. The SMILES string of the molecule is CCOC(=O)[C@@H]1CCCN(Cc2nc(N3CCCC3)c3cc(OC)c(OC)cc3n2)C1. The molecule has 31 heavy (non-hydrogen) atoms. The van der Waals surface area contributed by atoms with E-state index < -0.39 is 0 Å². The van der Waals surface area contributed by atoms with Gasteiger partial charge in [0.1, 0.15) is 11.6 Å². The zero-order valence-corrected chi connectivity index (χ0v) is 18.7. The first kappa shape index (κ1) is 21.6. The van der Waals surface area contributed by atoms with Crippen molar-refractivity contribution >= 4 is 22.7 Å². The van der Waals surface area contributed by atoms with Crippen LogP contribution in [0, 0.1) is 5.92 Å². The first-order chi connectivity index (χ1) is 15.1. The van der Waals surface area contributed by atoms with Gasteiger partial charge in [-0.15, -0.1) is 0 Å². The van der Waals surface area contributed by atoms with Crippen molar-refractivity contribution in [3.8, 4) is 11.5 Å². The van der Waals surface area contributed by atoms with E-state index in [-0.39, 0.29) is 11.9 Å². The number of nitrogens with zero attached hydrogens (tertiary/aromatic N) is 4. The molecule has 0 amide bonds. The molecule has 1 atom stereocenters. The summed E-state index contributed by atoms with van der Waals surface area (Å²) in [5.41, 5.74) is 0.850. The van der Waals surface area contributed by atoms with Crippen molar-refractivity contribution in [3.05, 3.63) is 18.0 Å². The number of rotatable bonds is 7. The number of esters is 1. The standard InChI is InChI=1S/C23H32N4O4/c1-4-31-23(28)16-8-7-9-26(14-16)15-21-24-18-13-20(30-3)19(29-2)12-17(18)22(25-21)27-10-5-6-11-27/h12-13,16H,4-11,14-15H2,1-3H3/t16-/m1/s1. The number of hydrogen-bond donors (Lipinski definition) is 0. The van der Waals surface area contributed by atoms with Crippen LogP contribution in [-0.4, -0.2) is 67.8 Å². The molecule has 2 fully saturated rings. The minimum Gasteiger partial charge on any atom is -0.493 e. The molecule has 0 spiro atoms. The Balaban J connectivity index is 1.65. The predicted molar refractivity (Wildman–Crippen MR) is 119 cm³/mol. The van der Waals surface area contributed by atoms with Crippen LogP contribution >= 0.6 is 0 Å². The molecular formula is C23H32N4O4. The molecule has 0 bridgehead atoms. The molecule has 0 saturated carbocycles. The Bertz CT molecular complexity index is 929. The van der Waals surface area contributed by atoms with Gasteiger partial charge < -0.3 is 19.1 Å². The van der Waals surface area contributed by atoms with Crippen LogP contribution in [0.1, 0.15) is 38.4 Å². The van der Waals surface area contributed by atoms with Crippen LogP contribution in [0.3, 0.4) is 0 Å². The summed E-state index contributed by atoms with van der Waals surface area (Å²) in [6.45, 7) is 6.50. The summed E-state index contributed by atoms with van der Waals surface area (Å²) in [6, 6.07) is 3.90. The third-order valence-corrected chi connectivity index (χ3v) is 6.12. The number of carbonyl (C=O) groups is 1. The number of methoxy groups -OCH3 is 2.